The first kappa shape index (κ1) is 26.9. The molecule has 0 saturated carbocycles. The van der Waals surface area contributed by atoms with Crippen molar-refractivity contribution < 1.29 is 23.8 Å². The van der Waals surface area contributed by atoms with E-state index in [-0.39, 0.29) is 12.2 Å². The average Bonchev–Trinajstić information content (AvgIpc) is 2.79. The quantitative estimate of drug-likeness (QED) is 0.262. The van der Waals surface area contributed by atoms with Gasteiger partial charge in [0.2, 0.25) is 0 Å². The number of carbonyl (C=O) groups is 2. The predicted molar refractivity (Wildman–Crippen MR) is 121 cm³/mol. The Bertz CT molecular complexity index is 636. The van der Waals surface area contributed by atoms with E-state index in [2.05, 4.69) is 24.1 Å². The van der Waals surface area contributed by atoms with Gasteiger partial charge in [-0.15, -0.1) is 0 Å². The Hall–Kier alpha value is -2.15. The van der Waals surface area contributed by atoms with Crippen LogP contribution in [-0.2, 0) is 20.9 Å². The molecule has 0 aliphatic carbocycles. The monoisotopic (exact) mass is 436 g/mol. The second-order valence-corrected chi connectivity index (χ2v) is 7.68. The largest absolute Gasteiger partial charge is 0.494 e. The topological polar surface area (TPSA) is 86.8 Å². The minimum absolute atomic E-state index is 0.137. The molecule has 0 fully saturated rings. The van der Waals surface area contributed by atoms with Crippen LogP contribution in [0.25, 0.3) is 0 Å². The second kappa shape index (κ2) is 17.5. The van der Waals surface area contributed by atoms with Crippen LogP contribution in [0.5, 0.6) is 5.75 Å². The molecule has 1 heterocycles. The molecule has 0 radical (unpaired) electrons. The van der Waals surface area contributed by atoms with Crippen LogP contribution in [0.4, 0.5) is 0 Å². The highest BCUT2D eigenvalue weighted by atomic mass is 16.5. The van der Waals surface area contributed by atoms with Crippen molar-refractivity contribution in [2.45, 2.75) is 84.7 Å². The molecule has 0 aliphatic heterocycles. The Morgan fingerprint density at radius 1 is 0.935 bits per heavy atom. The normalized spacial score (nSPS) is 10.7. The molecule has 0 saturated heterocycles. The highest BCUT2D eigenvalue weighted by Crippen LogP contribution is 2.18. The van der Waals surface area contributed by atoms with Crippen molar-refractivity contribution in [3.05, 3.63) is 23.5 Å². The van der Waals surface area contributed by atoms with Crippen molar-refractivity contribution in [2.75, 3.05) is 26.9 Å². The van der Waals surface area contributed by atoms with Crippen LogP contribution < -0.4 is 10.1 Å². The van der Waals surface area contributed by atoms with Crippen molar-refractivity contribution in [1.29, 1.82) is 0 Å². The number of amides is 1. The summed E-state index contributed by atoms with van der Waals surface area (Å²) >= 11 is 0. The lowest BCUT2D eigenvalue weighted by Crippen LogP contribution is -2.31. The summed E-state index contributed by atoms with van der Waals surface area (Å²) in [6.45, 7) is 5.67. The number of hydrogen-bond donors (Lipinski definition) is 1. The van der Waals surface area contributed by atoms with Crippen molar-refractivity contribution in [1.82, 2.24) is 10.3 Å². The highest BCUT2D eigenvalue weighted by Gasteiger charge is 2.16. The number of nitrogens with one attached hydrogen (secondary N) is 1. The maximum absolute atomic E-state index is 12.4. The molecule has 1 N–H and O–H groups in total. The standard InChI is InChI=1S/C24H40N2O5/c1-4-6-8-10-11-13-15-31-22(27)18-26-24(28)23-21(29-3)16-20(17-25-23)19-30-14-12-9-7-5-2/h16-17H,4-15,18-19H2,1-3H3,(H,26,28). The zero-order valence-electron chi connectivity index (χ0n) is 19.5. The fourth-order valence-electron chi connectivity index (χ4n) is 3.07. The summed E-state index contributed by atoms with van der Waals surface area (Å²) in [7, 11) is 1.48. The Balaban J connectivity index is 2.34. The zero-order valence-corrected chi connectivity index (χ0v) is 19.5. The fraction of sp³-hybridized carbons (Fsp3) is 0.708. The van der Waals surface area contributed by atoms with Crippen LogP contribution in [0, 0.1) is 0 Å². The molecule has 0 atom stereocenters. The molecule has 1 aromatic rings. The first-order chi connectivity index (χ1) is 15.1. The second-order valence-electron chi connectivity index (χ2n) is 7.68. The minimum atomic E-state index is -0.472. The van der Waals surface area contributed by atoms with E-state index in [4.69, 9.17) is 14.2 Å². The van der Waals surface area contributed by atoms with Crippen LogP contribution in [0.3, 0.4) is 0 Å². The third kappa shape index (κ3) is 12.3. The van der Waals surface area contributed by atoms with Gasteiger partial charge in [0.25, 0.3) is 5.91 Å². The van der Waals surface area contributed by atoms with E-state index in [9.17, 15) is 9.59 Å². The lowest BCUT2D eigenvalue weighted by Gasteiger charge is -2.11. The van der Waals surface area contributed by atoms with Crippen molar-refractivity contribution in [3.63, 3.8) is 0 Å². The molecule has 176 valence electrons. The number of nitrogens with zero attached hydrogens (tertiary/aromatic N) is 1. The first-order valence-corrected chi connectivity index (χ1v) is 11.7. The molecule has 31 heavy (non-hydrogen) atoms. The molecule has 0 spiro atoms. The average molecular weight is 437 g/mol. The Kier molecular flexibility index (Phi) is 15.2. The van der Waals surface area contributed by atoms with Crippen LogP contribution in [-0.4, -0.2) is 43.7 Å². The molecule has 7 heteroatoms. The van der Waals surface area contributed by atoms with E-state index < -0.39 is 11.9 Å². The number of aromatic nitrogens is 1. The summed E-state index contributed by atoms with van der Waals surface area (Å²) in [5.41, 5.74) is 0.972. The third-order valence-corrected chi connectivity index (χ3v) is 4.91. The summed E-state index contributed by atoms with van der Waals surface area (Å²) in [6, 6.07) is 1.74. The van der Waals surface area contributed by atoms with E-state index in [1.807, 2.05) is 0 Å². The highest BCUT2D eigenvalue weighted by molar-refractivity contribution is 5.96. The molecule has 0 unspecified atom stereocenters. The maximum Gasteiger partial charge on any atom is 0.325 e. The van der Waals surface area contributed by atoms with Gasteiger partial charge in [0, 0.05) is 12.8 Å². The van der Waals surface area contributed by atoms with Gasteiger partial charge in [0.1, 0.15) is 6.54 Å². The zero-order chi connectivity index (χ0) is 22.7. The maximum atomic E-state index is 12.4. The summed E-state index contributed by atoms with van der Waals surface area (Å²) in [5, 5.41) is 2.55. The number of esters is 1. The fourth-order valence-corrected chi connectivity index (χ4v) is 3.07. The van der Waals surface area contributed by atoms with E-state index in [0.717, 1.165) is 31.2 Å². The lowest BCUT2D eigenvalue weighted by molar-refractivity contribution is -0.142. The van der Waals surface area contributed by atoms with Crippen molar-refractivity contribution >= 4 is 11.9 Å². The molecule has 0 aromatic carbocycles. The number of hydrogen-bond acceptors (Lipinski definition) is 6. The summed E-state index contributed by atoms with van der Waals surface area (Å²) < 4.78 is 16.1. The van der Waals surface area contributed by atoms with Crippen molar-refractivity contribution in [2.24, 2.45) is 0 Å². The Morgan fingerprint density at radius 2 is 1.58 bits per heavy atom. The number of unbranched alkanes of at least 4 members (excludes halogenated alkanes) is 8. The van der Waals surface area contributed by atoms with Crippen LogP contribution in [0.1, 0.15) is 94.1 Å². The molecule has 0 aliphatic rings. The van der Waals surface area contributed by atoms with Crippen molar-refractivity contribution in [3.8, 4) is 5.75 Å². The van der Waals surface area contributed by atoms with E-state index in [0.29, 0.717) is 25.6 Å². The van der Waals surface area contributed by atoms with Gasteiger partial charge < -0.3 is 19.5 Å². The molecule has 1 aromatic heterocycles. The van der Waals surface area contributed by atoms with Crippen LogP contribution in [0.2, 0.25) is 0 Å². The number of carbonyl (C=O) groups excluding carboxylic acids is 2. The summed E-state index contributed by atoms with van der Waals surface area (Å²) in [6.07, 6.45) is 13.0. The van der Waals surface area contributed by atoms with Gasteiger partial charge in [-0.05, 0) is 24.5 Å². The summed E-state index contributed by atoms with van der Waals surface area (Å²) in [4.78, 5) is 28.4. The number of methoxy groups -OCH3 is 1. The lowest BCUT2D eigenvalue weighted by atomic mass is 10.1. The smallest absolute Gasteiger partial charge is 0.325 e. The van der Waals surface area contributed by atoms with Gasteiger partial charge in [-0.1, -0.05) is 65.2 Å². The molecule has 1 amide bonds. The molecular formula is C24H40N2O5. The van der Waals surface area contributed by atoms with E-state index >= 15 is 0 Å². The van der Waals surface area contributed by atoms with Gasteiger partial charge in [0.15, 0.2) is 11.4 Å². The van der Waals surface area contributed by atoms with Gasteiger partial charge in [-0.2, -0.15) is 0 Å². The van der Waals surface area contributed by atoms with E-state index in [1.165, 1.54) is 45.6 Å². The van der Waals surface area contributed by atoms with Gasteiger partial charge in [-0.25, -0.2) is 4.98 Å². The number of pyridine rings is 1. The SMILES string of the molecule is CCCCCCCCOC(=O)CNC(=O)c1ncc(COCCCCCC)cc1OC. The number of rotatable bonds is 18. The van der Waals surface area contributed by atoms with Crippen LogP contribution >= 0.6 is 0 Å². The van der Waals surface area contributed by atoms with Crippen LogP contribution in [0.15, 0.2) is 12.3 Å². The molecule has 1 rings (SSSR count). The molecular weight excluding hydrogens is 396 g/mol. The van der Waals surface area contributed by atoms with E-state index in [1.54, 1.807) is 12.3 Å². The first-order valence-electron chi connectivity index (χ1n) is 11.7. The summed E-state index contributed by atoms with van der Waals surface area (Å²) in [5.74, 6) is -0.570. The minimum Gasteiger partial charge on any atom is -0.494 e. The van der Waals surface area contributed by atoms with Gasteiger partial charge in [-0.3, -0.25) is 9.59 Å². The Morgan fingerprint density at radius 3 is 2.29 bits per heavy atom. The third-order valence-electron chi connectivity index (χ3n) is 4.91. The number of ether oxygens (including phenoxy) is 3. The van der Waals surface area contributed by atoms with Gasteiger partial charge in [0.05, 0.1) is 20.3 Å². The van der Waals surface area contributed by atoms with Gasteiger partial charge >= 0.3 is 5.97 Å². The Labute approximate surface area is 187 Å². The molecule has 0 bridgehead atoms. The molecule has 7 nitrogen and oxygen atoms in total. The predicted octanol–water partition coefficient (Wildman–Crippen LogP) is 4.82.